The smallest absolute Gasteiger partial charge is 0.256 e. The molecule has 0 atom stereocenters. The Morgan fingerprint density at radius 3 is 0.963 bits per heavy atom. The van der Waals surface area contributed by atoms with E-state index < -0.39 is 0 Å². The molecule has 0 saturated heterocycles. The Labute approximate surface area is 645 Å². The molecule has 4 aliphatic rings. The Bertz CT molecular complexity index is 5420. The van der Waals surface area contributed by atoms with E-state index in [2.05, 4.69) is 425 Å². The van der Waals surface area contributed by atoms with E-state index in [1.807, 2.05) is 0 Å². The van der Waals surface area contributed by atoms with Crippen molar-refractivity contribution < 1.29 is 4.74 Å². The topological polar surface area (TPSA) is 25.4 Å². The van der Waals surface area contributed by atoms with Crippen LogP contribution < -0.4 is 62.0 Å². The summed E-state index contributed by atoms with van der Waals surface area (Å²) in [6, 6.07) is 98.4. The number of anilines is 15. The Balaban J connectivity index is 1.05. The first kappa shape index (κ1) is 71.8. The van der Waals surface area contributed by atoms with Crippen LogP contribution in [0.2, 0.25) is 0 Å². The molecule has 16 rings (SSSR count). The van der Waals surface area contributed by atoms with Gasteiger partial charge in [-0.2, -0.15) is 0 Å². The summed E-state index contributed by atoms with van der Waals surface area (Å²) < 4.78 is 7.72. The Hall–Kier alpha value is -10.4. The van der Waals surface area contributed by atoms with Gasteiger partial charge < -0.3 is 29.2 Å². The van der Waals surface area contributed by atoms with E-state index in [1.165, 1.54) is 66.5 Å². The first-order valence-electron chi connectivity index (χ1n) is 39.1. The summed E-state index contributed by atoms with van der Waals surface area (Å²) in [6.07, 6.45) is 0. The molecule has 108 heavy (non-hydrogen) atoms. The summed E-state index contributed by atoms with van der Waals surface area (Å²) in [4.78, 5) is 12.9. The fourth-order valence-electron chi connectivity index (χ4n) is 16.8. The Morgan fingerprint density at radius 1 is 0.222 bits per heavy atom. The summed E-state index contributed by atoms with van der Waals surface area (Å²) in [7, 11) is 0. The molecule has 12 aromatic carbocycles. The zero-order chi connectivity index (χ0) is 76.3. The first-order chi connectivity index (χ1) is 51.0. The van der Waals surface area contributed by atoms with Crippen LogP contribution in [0.25, 0.3) is 0 Å². The van der Waals surface area contributed by atoms with Gasteiger partial charge in [0, 0.05) is 80.0 Å². The third-order valence-electron chi connectivity index (χ3n) is 23.1. The van der Waals surface area contributed by atoms with Crippen LogP contribution in [-0.2, 0) is 37.9 Å². The number of ether oxygens (including phenoxy) is 1. The van der Waals surface area contributed by atoms with Crippen molar-refractivity contribution in [1.82, 2.24) is 0 Å². The van der Waals surface area contributed by atoms with Crippen molar-refractivity contribution in [2.45, 2.75) is 183 Å². The van der Waals surface area contributed by atoms with Gasteiger partial charge in [-0.3, -0.25) is 0 Å². The lowest BCUT2D eigenvalue weighted by Crippen LogP contribution is -2.64. The lowest BCUT2D eigenvalue weighted by molar-refractivity contribution is 0.483. The van der Waals surface area contributed by atoms with Gasteiger partial charge in [0.2, 0.25) is 0 Å². The normalized spacial score (nSPS) is 14.0. The number of hydrogen-bond donors (Lipinski definition) is 0. The van der Waals surface area contributed by atoms with E-state index in [-0.39, 0.29) is 51.3 Å². The van der Waals surface area contributed by atoms with Gasteiger partial charge in [-0.1, -0.05) is 273 Å². The fourth-order valence-corrected chi connectivity index (χ4v) is 16.8. The maximum absolute atomic E-state index is 7.72. The molecule has 0 aromatic heterocycles. The predicted molar refractivity (Wildman–Crippen MR) is 467 cm³/mol. The van der Waals surface area contributed by atoms with Crippen LogP contribution >= 0.6 is 0 Å². The second-order valence-corrected chi connectivity index (χ2v) is 38.1. The average Bonchev–Trinajstić information content (AvgIpc) is 0.683. The summed E-state index contributed by atoms with van der Waals surface area (Å²) in [5.74, 6) is 1.74. The quantitative estimate of drug-likeness (QED) is 0.134. The Morgan fingerprint density at radius 2 is 0.546 bits per heavy atom. The molecule has 6 nitrogen and oxygen atoms in total. The van der Waals surface area contributed by atoms with Crippen LogP contribution in [-0.4, -0.2) is 13.4 Å². The maximum atomic E-state index is 7.72. The number of para-hydroxylation sites is 2. The van der Waals surface area contributed by atoms with E-state index in [1.54, 1.807) is 0 Å². The molecule has 4 aliphatic heterocycles. The highest BCUT2D eigenvalue weighted by Gasteiger charge is 2.49. The maximum Gasteiger partial charge on any atom is 0.256 e. The number of hydrogen-bond acceptors (Lipinski definition) is 6. The molecule has 4 heterocycles. The SMILES string of the molecule is CC(C)(C)c1cccc(N(c2cccc(C(C)(C)C)c2)c2cc3c4c(c2)N(c2ccccc2)c2cc5c(cc2B4c2ccc(C(C)(C)C)cc2O3)B2c3ccc(C(C)(C)C)cc3N(c3cccc(C(C)(C)C)c3)c3cc(N(c4cccc(C(C)(C)C)c4)c4cccc(C(C)(C)C)c4)cc(c32)N5c2ccccc2)c1. The Kier molecular flexibility index (Phi) is 17.0. The van der Waals surface area contributed by atoms with Crippen LogP contribution in [0.4, 0.5) is 85.3 Å². The molecular formula is C100H105B2N5O. The highest BCUT2D eigenvalue weighted by molar-refractivity contribution is 7.02. The second-order valence-electron chi connectivity index (χ2n) is 38.1. The molecule has 0 spiro atoms. The second kappa shape index (κ2) is 25.6. The minimum atomic E-state index is -0.235. The number of benzene rings is 12. The molecule has 0 saturated carbocycles. The van der Waals surface area contributed by atoms with Crippen LogP contribution in [0, 0.1) is 0 Å². The van der Waals surface area contributed by atoms with Crippen molar-refractivity contribution in [3.05, 3.63) is 294 Å². The van der Waals surface area contributed by atoms with Crippen molar-refractivity contribution in [2.24, 2.45) is 0 Å². The number of nitrogens with zero attached hydrogens (tertiary/aromatic N) is 5. The van der Waals surface area contributed by atoms with E-state index >= 15 is 0 Å². The molecule has 0 aliphatic carbocycles. The fraction of sp³-hybridized carbons (Fsp3) is 0.280. The lowest BCUT2D eigenvalue weighted by atomic mass is 9.30. The standard InChI is InChI=1S/C100H105B2N5O/c1-94(2,3)64-33-28-42-73(51-64)103(74-43-29-34-65(52-74)95(4,5)6)78-58-87-92-88(59-78)107(77-46-32-37-68(55-77)98(13,14)15)84-56-69(99(16,17)18)47-49-80(84)101(92)82-62-83-86(63-85(82)105(87)71-38-24-22-25-39-71)106(72-40-26-23-27-41-72)89-60-79(61-91-93(89)102(83)81-50-48-70(100(19,20)21)57-90(81)108-91)104(75-44-30-35-66(53-75)96(7,8)9)76-45-31-36-67(54-76)97(10,11)12/h22-63H,1-21H3. The van der Waals surface area contributed by atoms with Gasteiger partial charge in [0.15, 0.2) is 0 Å². The van der Waals surface area contributed by atoms with Crippen molar-refractivity contribution in [1.29, 1.82) is 0 Å². The molecule has 8 heteroatoms. The molecule has 0 amide bonds. The van der Waals surface area contributed by atoms with Gasteiger partial charge in [-0.25, -0.2) is 0 Å². The van der Waals surface area contributed by atoms with Crippen LogP contribution in [0.5, 0.6) is 11.5 Å². The zero-order valence-electron chi connectivity index (χ0n) is 67.5. The van der Waals surface area contributed by atoms with Crippen molar-refractivity contribution in [3.8, 4) is 11.5 Å². The molecule has 12 aromatic rings. The largest absolute Gasteiger partial charge is 0.458 e. The third kappa shape index (κ3) is 12.7. The minimum Gasteiger partial charge on any atom is -0.458 e. The molecule has 0 unspecified atom stereocenters. The highest BCUT2D eigenvalue weighted by atomic mass is 16.5. The molecule has 0 bridgehead atoms. The average molecular weight is 1410 g/mol. The number of fused-ring (bicyclic) bond motifs is 8. The molecule has 542 valence electrons. The molecule has 0 radical (unpaired) electrons. The van der Waals surface area contributed by atoms with Crippen molar-refractivity contribution in [2.75, 3.05) is 24.5 Å². The summed E-state index contributed by atoms with van der Waals surface area (Å²) in [6.45, 7) is 48.4. The van der Waals surface area contributed by atoms with Gasteiger partial charge >= 0.3 is 0 Å². The summed E-state index contributed by atoms with van der Waals surface area (Å²) in [5.41, 5.74) is 31.8. The molecular weight excluding hydrogens is 1310 g/mol. The molecule has 0 fully saturated rings. The van der Waals surface area contributed by atoms with Crippen LogP contribution in [0.1, 0.15) is 184 Å². The number of rotatable bonds is 9. The highest BCUT2D eigenvalue weighted by Crippen LogP contribution is 2.53. The third-order valence-corrected chi connectivity index (χ3v) is 23.1. The van der Waals surface area contributed by atoms with Crippen LogP contribution in [0.15, 0.2) is 255 Å². The van der Waals surface area contributed by atoms with E-state index in [0.29, 0.717) is 0 Å². The monoisotopic (exact) mass is 1410 g/mol. The van der Waals surface area contributed by atoms with Gasteiger partial charge in [0.1, 0.15) is 11.5 Å². The van der Waals surface area contributed by atoms with E-state index in [9.17, 15) is 0 Å². The summed E-state index contributed by atoms with van der Waals surface area (Å²) >= 11 is 0. The van der Waals surface area contributed by atoms with Crippen molar-refractivity contribution in [3.63, 3.8) is 0 Å². The predicted octanol–water partition coefficient (Wildman–Crippen LogP) is 24.2. The first-order valence-corrected chi connectivity index (χ1v) is 39.1. The minimum absolute atomic E-state index is 0.103. The van der Waals surface area contributed by atoms with Gasteiger partial charge in [0.05, 0.1) is 11.4 Å². The zero-order valence-corrected chi connectivity index (χ0v) is 67.5. The van der Waals surface area contributed by atoms with Crippen LogP contribution in [0.3, 0.4) is 0 Å². The van der Waals surface area contributed by atoms with Crippen molar-refractivity contribution >= 4 is 132 Å². The van der Waals surface area contributed by atoms with E-state index in [4.69, 9.17) is 4.74 Å². The lowest BCUT2D eigenvalue weighted by Gasteiger charge is -2.47. The molecule has 0 N–H and O–H groups in total. The van der Waals surface area contributed by atoms with Gasteiger partial charge in [0.25, 0.3) is 13.4 Å². The van der Waals surface area contributed by atoms with Gasteiger partial charge in [-0.05, 0) is 231 Å². The van der Waals surface area contributed by atoms with Gasteiger partial charge in [-0.15, -0.1) is 0 Å². The summed E-state index contributed by atoms with van der Waals surface area (Å²) in [5, 5.41) is 0. The van der Waals surface area contributed by atoms with E-state index in [0.717, 1.165) is 102 Å².